The molecule has 1 fully saturated rings. The summed E-state index contributed by atoms with van der Waals surface area (Å²) in [6.07, 6.45) is 2.81. The third-order valence-corrected chi connectivity index (χ3v) is 2.61. The first-order chi connectivity index (χ1) is 6.26. The number of hydrogen-bond donors (Lipinski definition) is 2. The molecule has 3 nitrogen and oxygen atoms in total. The Morgan fingerprint density at radius 2 is 2.23 bits per heavy atom. The van der Waals surface area contributed by atoms with E-state index in [1.807, 2.05) is 14.0 Å². The molecule has 0 aromatic heterocycles. The van der Waals surface area contributed by atoms with E-state index >= 15 is 0 Å². The summed E-state index contributed by atoms with van der Waals surface area (Å²) in [5.41, 5.74) is 0. The van der Waals surface area contributed by atoms with Crippen LogP contribution in [-0.2, 0) is 4.74 Å². The quantitative estimate of drug-likeness (QED) is 0.641. The summed E-state index contributed by atoms with van der Waals surface area (Å²) in [6, 6.07) is 0. The van der Waals surface area contributed by atoms with Crippen LogP contribution in [-0.4, -0.2) is 38.0 Å². The third-order valence-electron chi connectivity index (χ3n) is 2.61. The monoisotopic (exact) mass is 187 g/mol. The van der Waals surface area contributed by atoms with E-state index < -0.39 is 0 Å². The second-order valence-corrected chi connectivity index (χ2v) is 4.14. The van der Waals surface area contributed by atoms with Crippen LogP contribution >= 0.6 is 0 Å². The Morgan fingerprint density at radius 3 is 2.77 bits per heavy atom. The molecular formula is C10H21NO2. The molecule has 1 rings (SSSR count). The van der Waals surface area contributed by atoms with E-state index in [0.717, 1.165) is 12.5 Å². The van der Waals surface area contributed by atoms with Gasteiger partial charge in [-0.25, -0.2) is 0 Å². The maximum atomic E-state index is 8.78. The molecule has 78 valence electrons. The van der Waals surface area contributed by atoms with Crippen molar-refractivity contribution in [1.29, 1.82) is 0 Å². The number of rotatable bonds is 6. The molecule has 0 aliphatic heterocycles. The molecule has 0 amide bonds. The fourth-order valence-corrected chi connectivity index (χ4v) is 1.62. The summed E-state index contributed by atoms with van der Waals surface area (Å²) < 4.78 is 5.62. The van der Waals surface area contributed by atoms with Gasteiger partial charge in [0.1, 0.15) is 0 Å². The van der Waals surface area contributed by atoms with Crippen molar-refractivity contribution in [2.24, 2.45) is 11.8 Å². The first-order valence-electron chi connectivity index (χ1n) is 5.13. The van der Waals surface area contributed by atoms with Gasteiger partial charge in [-0.15, -0.1) is 0 Å². The lowest BCUT2D eigenvalue weighted by molar-refractivity contribution is -0.0474. The molecule has 1 saturated carbocycles. The molecular weight excluding hydrogens is 166 g/mol. The molecule has 0 aromatic carbocycles. The molecule has 2 N–H and O–H groups in total. The molecule has 1 unspecified atom stereocenters. The van der Waals surface area contributed by atoms with Crippen LogP contribution in [0.4, 0.5) is 0 Å². The summed E-state index contributed by atoms with van der Waals surface area (Å²) in [5, 5.41) is 12.0. The van der Waals surface area contributed by atoms with E-state index in [9.17, 15) is 0 Å². The highest BCUT2D eigenvalue weighted by atomic mass is 16.5. The van der Waals surface area contributed by atoms with E-state index in [1.54, 1.807) is 0 Å². The average molecular weight is 187 g/mol. The lowest BCUT2D eigenvalue weighted by atomic mass is 9.82. The maximum Gasteiger partial charge on any atom is 0.0581 e. The van der Waals surface area contributed by atoms with Crippen LogP contribution in [0.1, 0.15) is 19.8 Å². The Kier molecular flexibility index (Phi) is 4.70. The predicted octanol–water partition coefficient (Wildman–Crippen LogP) is 0.629. The first-order valence-corrected chi connectivity index (χ1v) is 5.13. The Morgan fingerprint density at radius 1 is 1.54 bits per heavy atom. The van der Waals surface area contributed by atoms with Gasteiger partial charge in [-0.2, -0.15) is 0 Å². The Labute approximate surface area is 80.5 Å². The van der Waals surface area contributed by atoms with Gasteiger partial charge in [0.25, 0.3) is 0 Å². The molecule has 0 saturated heterocycles. The van der Waals surface area contributed by atoms with Crippen molar-refractivity contribution in [2.45, 2.75) is 25.9 Å². The molecule has 1 aliphatic rings. The molecule has 0 heterocycles. The van der Waals surface area contributed by atoms with Crippen molar-refractivity contribution in [3.05, 3.63) is 0 Å². The zero-order valence-corrected chi connectivity index (χ0v) is 8.62. The van der Waals surface area contributed by atoms with Gasteiger partial charge in [-0.05, 0) is 32.4 Å². The largest absolute Gasteiger partial charge is 0.396 e. The van der Waals surface area contributed by atoms with E-state index in [0.29, 0.717) is 12.7 Å². The van der Waals surface area contributed by atoms with Crippen molar-refractivity contribution >= 4 is 0 Å². The number of aliphatic hydroxyl groups excluding tert-OH is 1. The lowest BCUT2D eigenvalue weighted by Crippen LogP contribution is -2.37. The van der Waals surface area contributed by atoms with Crippen LogP contribution in [0.15, 0.2) is 0 Å². The Balaban J connectivity index is 1.95. The van der Waals surface area contributed by atoms with Gasteiger partial charge in [0.2, 0.25) is 0 Å². The van der Waals surface area contributed by atoms with E-state index in [-0.39, 0.29) is 12.5 Å². The predicted molar refractivity (Wildman–Crippen MR) is 52.6 cm³/mol. The normalized spacial score (nSPS) is 29.8. The van der Waals surface area contributed by atoms with E-state index in [1.165, 1.54) is 12.8 Å². The van der Waals surface area contributed by atoms with Gasteiger partial charge in [0, 0.05) is 12.5 Å². The Bertz CT molecular complexity index is 135. The van der Waals surface area contributed by atoms with Crippen molar-refractivity contribution in [3.8, 4) is 0 Å². The number of ether oxygens (including phenoxy) is 1. The molecule has 13 heavy (non-hydrogen) atoms. The average Bonchev–Trinajstić information content (AvgIpc) is 2.08. The van der Waals surface area contributed by atoms with Crippen LogP contribution in [0, 0.1) is 11.8 Å². The van der Waals surface area contributed by atoms with Crippen molar-refractivity contribution < 1.29 is 9.84 Å². The summed E-state index contributed by atoms with van der Waals surface area (Å²) in [7, 11) is 1.99. The molecule has 0 radical (unpaired) electrons. The minimum absolute atomic E-state index is 0.229. The number of aliphatic hydroxyl groups is 1. The molecule has 3 heteroatoms. The number of hydrogen-bond acceptors (Lipinski definition) is 3. The lowest BCUT2D eigenvalue weighted by Gasteiger charge is -2.35. The first kappa shape index (κ1) is 11.0. The van der Waals surface area contributed by atoms with Gasteiger partial charge >= 0.3 is 0 Å². The van der Waals surface area contributed by atoms with Gasteiger partial charge in [-0.3, -0.25) is 0 Å². The van der Waals surface area contributed by atoms with Crippen molar-refractivity contribution in [2.75, 3.05) is 26.8 Å². The second kappa shape index (κ2) is 5.58. The molecule has 1 atom stereocenters. The van der Waals surface area contributed by atoms with Crippen LogP contribution < -0.4 is 5.32 Å². The number of nitrogens with one attached hydrogen (secondary N) is 1. The summed E-state index contributed by atoms with van der Waals surface area (Å²) in [4.78, 5) is 0. The zero-order valence-electron chi connectivity index (χ0n) is 8.62. The Hall–Kier alpha value is -0.120. The zero-order chi connectivity index (χ0) is 9.68. The van der Waals surface area contributed by atoms with Gasteiger partial charge in [-0.1, -0.05) is 6.92 Å². The van der Waals surface area contributed by atoms with Gasteiger partial charge < -0.3 is 15.2 Å². The highest BCUT2D eigenvalue weighted by Gasteiger charge is 2.29. The van der Waals surface area contributed by atoms with Crippen LogP contribution in [0.3, 0.4) is 0 Å². The van der Waals surface area contributed by atoms with Crippen molar-refractivity contribution in [1.82, 2.24) is 5.32 Å². The second-order valence-electron chi connectivity index (χ2n) is 4.14. The smallest absolute Gasteiger partial charge is 0.0581 e. The summed E-state index contributed by atoms with van der Waals surface area (Å²) in [5.74, 6) is 1.09. The maximum absolute atomic E-state index is 8.78. The van der Waals surface area contributed by atoms with E-state index in [2.05, 4.69) is 5.32 Å². The van der Waals surface area contributed by atoms with Gasteiger partial charge in [0.05, 0.1) is 12.7 Å². The fraction of sp³-hybridized carbons (Fsp3) is 1.00. The topological polar surface area (TPSA) is 41.5 Å². The third kappa shape index (κ3) is 3.63. The summed E-state index contributed by atoms with van der Waals surface area (Å²) >= 11 is 0. The SMILES string of the molecule is CNCC1CC(OCC(C)CO)C1. The van der Waals surface area contributed by atoms with Crippen LogP contribution in [0.25, 0.3) is 0 Å². The van der Waals surface area contributed by atoms with Crippen molar-refractivity contribution in [3.63, 3.8) is 0 Å². The van der Waals surface area contributed by atoms with E-state index in [4.69, 9.17) is 9.84 Å². The highest BCUT2D eigenvalue weighted by molar-refractivity contribution is 4.81. The standard InChI is InChI=1S/C10H21NO2/c1-8(6-12)7-13-10-3-9(4-10)5-11-2/h8-12H,3-7H2,1-2H3. The molecule has 0 bridgehead atoms. The van der Waals surface area contributed by atoms with Gasteiger partial charge in [0.15, 0.2) is 0 Å². The van der Waals surface area contributed by atoms with Crippen LogP contribution in [0.5, 0.6) is 0 Å². The van der Waals surface area contributed by atoms with Crippen LogP contribution in [0.2, 0.25) is 0 Å². The fourth-order valence-electron chi connectivity index (χ4n) is 1.62. The minimum atomic E-state index is 0.229. The molecule has 0 spiro atoms. The minimum Gasteiger partial charge on any atom is -0.396 e. The summed E-state index contributed by atoms with van der Waals surface area (Å²) in [6.45, 7) is 4.04. The molecule has 1 aliphatic carbocycles. The highest BCUT2D eigenvalue weighted by Crippen LogP contribution is 2.29. The molecule has 0 aromatic rings.